The van der Waals surface area contributed by atoms with E-state index in [1.807, 2.05) is 0 Å². The fourth-order valence-electron chi connectivity index (χ4n) is 3.49. The van der Waals surface area contributed by atoms with Crippen LogP contribution < -0.4 is 0 Å². The topological polar surface area (TPSA) is 26.3 Å². The molecule has 29 heavy (non-hydrogen) atoms. The van der Waals surface area contributed by atoms with Gasteiger partial charge in [-0.2, -0.15) is 0 Å². The van der Waals surface area contributed by atoms with Crippen molar-refractivity contribution in [3.8, 4) is 0 Å². The smallest absolute Gasteiger partial charge is 0.341 e. The summed E-state index contributed by atoms with van der Waals surface area (Å²) in [5, 5.41) is 0. The molecule has 2 nitrogen and oxygen atoms in total. The summed E-state index contributed by atoms with van der Waals surface area (Å²) in [4.78, 5) is 10.9. The van der Waals surface area contributed by atoms with Crippen molar-refractivity contribution in [1.29, 1.82) is 0 Å². The van der Waals surface area contributed by atoms with E-state index in [2.05, 4.69) is 6.58 Å². The highest BCUT2D eigenvalue weighted by Gasteiger charge is 2.23. The number of ether oxygens (including phenoxy) is 1. The third kappa shape index (κ3) is 26.3. The van der Waals surface area contributed by atoms with E-state index in [4.69, 9.17) is 38.0 Å². The summed E-state index contributed by atoms with van der Waals surface area (Å²) < 4.78 is 4.97. The maximum atomic E-state index is 10.9. The number of unbranched alkanes of at least 4 members (excludes halogenated alkanes) is 17. The lowest BCUT2D eigenvalue weighted by atomic mass is 10.0. The second-order valence-electron chi connectivity index (χ2n) is 8.10. The van der Waals surface area contributed by atoms with Gasteiger partial charge in [0.1, 0.15) is 0 Å². The highest BCUT2D eigenvalue weighted by Crippen LogP contribution is 2.27. The zero-order valence-corrected chi connectivity index (χ0v) is 21.6. The lowest BCUT2D eigenvalue weighted by Gasteiger charge is -2.07. The van der Waals surface area contributed by atoms with Crippen LogP contribution in [0.15, 0.2) is 12.7 Å². The van der Waals surface area contributed by atoms with E-state index < -0.39 is 6.00 Å². The average Bonchev–Trinajstić information content (AvgIpc) is 2.68. The van der Waals surface area contributed by atoms with Crippen molar-refractivity contribution in [2.24, 2.45) is 0 Å². The minimum Gasteiger partial charge on any atom is -0.463 e. The monoisotopic (exact) mass is 484 g/mol. The second kappa shape index (κ2) is 21.5. The molecule has 0 radical (unpaired) electrons. The van der Waals surface area contributed by atoms with Crippen LogP contribution >= 0.6 is 33.2 Å². The Morgan fingerprint density at radius 2 is 0.931 bits per heavy atom. The Morgan fingerprint density at radius 1 is 0.621 bits per heavy atom. The third-order valence-electron chi connectivity index (χ3n) is 5.27. The molecule has 0 N–H and O–H groups in total. The lowest BCUT2D eigenvalue weighted by molar-refractivity contribution is -0.137. The summed E-state index contributed by atoms with van der Waals surface area (Å²) in [5.41, 5.74) is 0. The number of carbonyl (C=O) groups is 1. The normalized spacial score (nSPS) is 11.6. The van der Waals surface area contributed by atoms with Crippen molar-refractivity contribution in [1.82, 2.24) is 0 Å². The fourth-order valence-corrected chi connectivity index (χ4v) is 5.34. The first-order chi connectivity index (χ1) is 14.0. The number of hydrogen-bond acceptors (Lipinski definition) is 2. The van der Waals surface area contributed by atoms with Crippen molar-refractivity contribution < 1.29 is 9.53 Å². The number of rotatable bonds is 22. The van der Waals surface area contributed by atoms with Crippen molar-refractivity contribution in [2.75, 3.05) is 6.61 Å². The van der Waals surface area contributed by atoms with Gasteiger partial charge in [-0.15, -0.1) is 33.2 Å². The fraction of sp³-hybridized carbons (Fsp3) is 0.870. The van der Waals surface area contributed by atoms with Crippen LogP contribution in [0.2, 0.25) is 6.04 Å². The van der Waals surface area contributed by atoms with Gasteiger partial charge in [0.2, 0.25) is 0 Å². The Hall–Kier alpha value is 0.297. The molecule has 0 aromatic heterocycles. The summed E-state index contributed by atoms with van der Waals surface area (Å²) in [6.07, 6.45) is 24.6. The van der Waals surface area contributed by atoms with E-state index in [1.54, 1.807) is 0 Å². The summed E-state index contributed by atoms with van der Waals surface area (Å²) in [7, 11) is 0. The summed E-state index contributed by atoms with van der Waals surface area (Å²) in [6, 6.07) is -1.56. The number of hydrogen-bond donors (Lipinski definition) is 0. The molecule has 6 heteroatoms. The molecule has 0 aliphatic carbocycles. The van der Waals surface area contributed by atoms with Crippen LogP contribution in [0.1, 0.15) is 116 Å². The molecule has 0 aliphatic heterocycles. The van der Waals surface area contributed by atoms with Gasteiger partial charge in [-0.1, -0.05) is 116 Å². The van der Waals surface area contributed by atoms with Gasteiger partial charge in [-0.25, -0.2) is 4.79 Å². The quantitative estimate of drug-likeness (QED) is 0.0501. The molecule has 0 unspecified atom stereocenters. The van der Waals surface area contributed by atoms with E-state index >= 15 is 0 Å². The molecule has 0 saturated heterocycles. The van der Waals surface area contributed by atoms with Crippen molar-refractivity contribution in [3.05, 3.63) is 12.7 Å². The molecule has 172 valence electrons. The second-order valence-corrected chi connectivity index (χ2v) is 17.4. The Morgan fingerprint density at radius 3 is 1.24 bits per heavy atom. The Balaban J connectivity index is 3.07. The van der Waals surface area contributed by atoms with Gasteiger partial charge in [-0.05, 0) is 12.5 Å². The van der Waals surface area contributed by atoms with Crippen LogP contribution in [0.5, 0.6) is 0 Å². The molecule has 0 amide bonds. The number of carbonyl (C=O) groups excluding carboxylic acids is 1. The molecular formula is C23H43Cl3O2Si. The summed E-state index contributed by atoms with van der Waals surface area (Å²) >= 11 is 17.7. The third-order valence-corrected chi connectivity index (χ3v) is 7.89. The lowest BCUT2D eigenvalue weighted by Crippen LogP contribution is -2.07. The maximum absolute atomic E-state index is 10.9. The Bertz CT molecular complexity index is 387. The molecule has 0 spiro atoms. The molecule has 0 aromatic carbocycles. The first-order valence-electron chi connectivity index (χ1n) is 11.8. The molecule has 0 heterocycles. The van der Waals surface area contributed by atoms with Gasteiger partial charge in [0.15, 0.2) is 0 Å². The predicted octanol–water partition coefficient (Wildman–Crippen LogP) is 9.39. The van der Waals surface area contributed by atoms with Crippen LogP contribution in [0.4, 0.5) is 0 Å². The van der Waals surface area contributed by atoms with Gasteiger partial charge in [0, 0.05) is 6.08 Å². The van der Waals surface area contributed by atoms with Gasteiger partial charge < -0.3 is 4.74 Å². The standard InChI is InChI=1S/C23H43Cl3O2Si/c1-2-23(27)28-21-19-17-15-13-11-9-7-5-3-4-6-8-10-12-14-16-18-20-22-29(24,25)26/h2H,1,3-22H2. The van der Waals surface area contributed by atoms with E-state index in [0.29, 0.717) is 6.61 Å². The van der Waals surface area contributed by atoms with Crippen LogP contribution in [-0.4, -0.2) is 18.6 Å². The van der Waals surface area contributed by atoms with Gasteiger partial charge in [-0.3, -0.25) is 0 Å². The van der Waals surface area contributed by atoms with E-state index in [1.165, 1.54) is 102 Å². The number of halogens is 3. The van der Waals surface area contributed by atoms with Crippen LogP contribution in [0.3, 0.4) is 0 Å². The van der Waals surface area contributed by atoms with Crippen LogP contribution in [0.25, 0.3) is 0 Å². The van der Waals surface area contributed by atoms with Crippen LogP contribution in [-0.2, 0) is 9.53 Å². The summed E-state index contributed by atoms with van der Waals surface area (Å²) in [5.74, 6) is -0.309. The van der Waals surface area contributed by atoms with E-state index in [-0.39, 0.29) is 5.97 Å². The summed E-state index contributed by atoms with van der Waals surface area (Å²) in [6.45, 7) is 3.92. The minimum absolute atomic E-state index is 0.309. The van der Waals surface area contributed by atoms with E-state index in [9.17, 15) is 4.79 Å². The van der Waals surface area contributed by atoms with Crippen molar-refractivity contribution in [3.63, 3.8) is 0 Å². The molecule has 0 aromatic rings. The molecular weight excluding hydrogens is 443 g/mol. The highest BCUT2D eigenvalue weighted by molar-refractivity contribution is 7.64. The van der Waals surface area contributed by atoms with Gasteiger partial charge in [0.25, 0.3) is 0 Å². The molecule has 0 bridgehead atoms. The van der Waals surface area contributed by atoms with E-state index in [0.717, 1.165) is 25.3 Å². The minimum atomic E-state index is -2.37. The molecule has 0 fully saturated rings. The molecule has 0 rings (SSSR count). The highest BCUT2D eigenvalue weighted by atomic mass is 35.8. The number of esters is 1. The first-order valence-corrected chi connectivity index (χ1v) is 17.1. The maximum Gasteiger partial charge on any atom is 0.341 e. The van der Waals surface area contributed by atoms with Gasteiger partial charge in [0.05, 0.1) is 6.61 Å². The molecule has 0 saturated carbocycles. The average molecular weight is 486 g/mol. The van der Waals surface area contributed by atoms with Crippen molar-refractivity contribution in [2.45, 2.75) is 122 Å². The largest absolute Gasteiger partial charge is 0.463 e. The predicted molar refractivity (Wildman–Crippen MR) is 132 cm³/mol. The molecule has 0 atom stereocenters. The SMILES string of the molecule is C=CC(=O)OCCCCCCCCCCCCCCCCCCCC[Si](Cl)(Cl)Cl. The van der Waals surface area contributed by atoms with Crippen molar-refractivity contribution >= 4 is 45.2 Å². The zero-order chi connectivity index (χ0) is 21.6. The zero-order valence-electron chi connectivity index (χ0n) is 18.4. The first kappa shape index (κ1) is 29.3. The Labute approximate surface area is 195 Å². The molecule has 0 aliphatic rings. The van der Waals surface area contributed by atoms with Crippen LogP contribution in [0, 0.1) is 0 Å². The Kier molecular flexibility index (Phi) is 21.7. The van der Waals surface area contributed by atoms with Gasteiger partial charge >= 0.3 is 12.0 Å².